The molecule has 0 aromatic heterocycles. The van der Waals surface area contributed by atoms with Gasteiger partial charge in [0.15, 0.2) is 0 Å². The third-order valence-corrected chi connectivity index (χ3v) is 3.51. The zero-order valence-electron chi connectivity index (χ0n) is 9.64. The van der Waals surface area contributed by atoms with Crippen LogP contribution < -0.4 is 0 Å². The van der Waals surface area contributed by atoms with Crippen LogP contribution in [-0.2, 0) is 4.79 Å². The summed E-state index contributed by atoms with van der Waals surface area (Å²) in [4.78, 5) is 15.3. The van der Waals surface area contributed by atoms with Gasteiger partial charge in [-0.05, 0) is 38.9 Å². The summed E-state index contributed by atoms with van der Waals surface area (Å²) in [6.45, 7) is 5.44. The maximum Gasteiger partial charge on any atom is 0.328 e. The number of hydrogen-bond acceptors (Lipinski definition) is 3. The molecule has 0 aromatic carbocycles. The Morgan fingerprint density at radius 2 is 2.12 bits per heavy atom. The van der Waals surface area contributed by atoms with Crippen LogP contribution in [-0.4, -0.2) is 59.6 Å². The largest absolute Gasteiger partial charge is 0.478 e. The smallest absolute Gasteiger partial charge is 0.328 e. The summed E-state index contributed by atoms with van der Waals surface area (Å²) in [7, 11) is 0. The van der Waals surface area contributed by atoms with Crippen LogP contribution in [0.4, 0.5) is 0 Å². The third-order valence-electron chi connectivity index (χ3n) is 3.51. The number of aliphatic carboxylic acids is 1. The molecule has 2 aliphatic heterocycles. The van der Waals surface area contributed by atoms with Gasteiger partial charge in [-0.25, -0.2) is 4.79 Å². The molecule has 1 N–H and O–H groups in total. The van der Waals surface area contributed by atoms with E-state index in [0.29, 0.717) is 6.04 Å². The molecule has 2 saturated heterocycles. The van der Waals surface area contributed by atoms with E-state index in [-0.39, 0.29) is 0 Å². The monoisotopic (exact) mass is 224 g/mol. The van der Waals surface area contributed by atoms with Gasteiger partial charge in [-0.2, -0.15) is 0 Å². The number of carbonyl (C=O) groups is 1. The highest BCUT2D eigenvalue weighted by Gasteiger charge is 2.27. The summed E-state index contributed by atoms with van der Waals surface area (Å²) in [5.74, 6) is -0.850. The van der Waals surface area contributed by atoms with Crippen molar-refractivity contribution in [3.8, 4) is 0 Å². The third kappa shape index (κ3) is 3.06. The molecule has 2 heterocycles. The molecule has 4 nitrogen and oxygen atoms in total. The highest BCUT2D eigenvalue weighted by molar-refractivity contribution is 5.79. The van der Waals surface area contributed by atoms with E-state index in [2.05, 4.69) is 9.80 Å². The molecular formula is C12H20N2O2. The second-order valence-electron chi connectivity index (χ2n) is 4.69. The Morgan fingerprint density at radius 3 is 2.94 bits per heavy atom. The minimum absolute atomic E-state index is 0.709. The van der Waals surface area contributed by atoms with Crippen molar-refractivity contribution in [1.29, 1.82) is 0 Å². The summed E-state index contributed by atoms with van der Waals surface area (Å²) in [5.41, 5.74) is 0. The van der Waals surface area contributed by atoms with Crippen molar-refractivity contribution in [1.82, 2.24) is 9.80 Å². The predicted molar refractivity (Wildman–Crippen MR) is 62.4 cm³/mol. The molecule has 2 aliphatic rings. The van der Waals surface area contributed by atoms with Gasteiger partial charge in [0, 0.05) is 25.2 Å². The van der Waals surface area contributed by atoms with Gasteiger partial charge < -0.3 is 5.11 Å². The standard InChI is InChI=1S/C12H20N2O2/c15-12(16)5-2-6-13-7-3-9-14-8-1-4-11(14)10-13/h2,5,11H,1,3-4,6-10H2,(H,15,16)/b5-2+. The molecule has 0 spiro atoms. The molecule has 2 rings (SSSR count). The molecule has 0 aromatic rings. The Morgan fingerprint density at radius 1 is 1.31 bits per heavy atom. The SMILES string of the molecule is O=C(O)/C=C/CN1CCCN2CCCC2C1. The average molecular weight is 224 g/mol. The fraction of sp³-hybridized carbons (Fsp3) is 0.750. The lowest BCUT2D eigenvalue weighted by atomic mass is 10.2. The van der Waals surface area contributed by atoms with Gasteiger partial charge in [0.25, 0.3) is 0 Å². The molecule has 0 amide bonds. The van der Waals surface area contributed by atoms with Gasteiger partial charge in [0.2, 0.25) is 0 Å². The van der Waals surface area contributed by atoms with E-state index in [1.807, 2.05) is 0 Å². The van der Waals surface area contributed by atoms with Crippen molar-refractivity contribution in [2.24, 2.45) is 0 Å². The van der Waals surface area contributed by atoms with Crippen molar-refractivity contribution in [3.05, 3.63) is 12.2 Å². The quantitative estimate of drug-likeness (QED) is 0.720. The molecule has 4 heteroatoms. The molecular weight excluding hydrogens is 204 g/mol. The lowest BCUT2D eigenvalue weighted by Gasteiger charge is -2.24. The number of nitrogens with zero attached hydrogens (tertiary/aromatic N) is 2. The van der Waals surface area contributed by atoms with Crippen LogP contribution in [0.5, 0.6) is 0 Å². The van der Waals surface area contributed by atoms with Crippen molar-refractivity contribution in [2.45, 2.75) is 25.3 Å². The van der Waals surface area contributed by atoms with Crippen LogP contribution in [0.1, 0.15) is 19.3 Å². The number of hydrogen-bond donors (Lipinski definition) is 1. The summed E-state index contributed by atoms with van der Waals surface area (Å²) in [5, 5.41) is 8.54. The Bertz CT molecular complexity index is 278. The summed E-state index contributed by atoms with van der Waals surface area (Å²) in [6.07, 6.45) is 6.84. The average Bonchev–Trinajstić information content (AvgIpc) is 2.57. The second kappa shape index (κ2) is 5.46. The van der Waals surface area contributed by atoms with E-state index >= 15 is 0 Å². The molecule has 1 atom stereocenters. The highest BCUT2D eigenvalue weighted by atomic mass is 16.4. The second-order valence-corrected chi connectivity index (χ2v) is 4.69. The number of carboxylic acids is 1. The van der Waals surface area contributed by atoms with Crippen LogP contribution >= 0.6 is 0 Å². The minimum Gasteiger partial charge on any atom is -0.478 e. The fourth-order valence-corrected chi connectivity index (χ4v) is 2.75. The highest BCUT2D eigenvalue weighted by Crippen LogP contribution is 2.20. The Balaban J connectivity index is 1.83. The van der Waals surface area contributed by atoms with Gasteiger partial charge in [-0.3, -0.25) is 9.80 Å². The normalized spacial score (nSPS) is 28.1. The Hall–Kier alpha value is -0.870. The van der Waals surface area contributed by atoms with E-state index < -0.39 is 5.97 Å². The van der Waals surface area contributed by atoms with E-state index in [1.54, 1.807) is 6.08 Å². The van der Waals surface area contributed by atoms with Crippen molar-refractivity contribution < 1.29 is 9.90 Å². The van der Waals surface area contributed by atoms with Gasteiger partial charge >= 0.3 is 5.97 Å². The van der Waals surface area contributed by atoms with Gasteiger partial charge in [0.1, 0.15) is 0 Å². The zero-order chi connectivity index (χ0) is 11.4. The molecule has 0 aliphatic carbocycles. The van der Waals surface area contributed by atoms with Crippen LogP contribution in [0.2, 0.25) is 0 Å². The summed E-state index contributed by atoms with van der Waals surface area (Å²) < 4.78 is 0. The van der Waals surface area contributed by atoms with Crippen molar-refractivity contribution >= 4 is 5.97 Å². The molecule has 0 saturated carbocycles. The Kier molecular flexibility index (Phi) is 3.96. The predicted octanol–water partition coefficient (Wildman–Crippen LogP) is 0.797. The lowest BCUT2D eigenvalue weighted by Crippen LogP contribution is -2.36. The van der Waals surface area contributed by atoms with Crippen LogP contribution in [0, 0.1) is 0 Å². The Labute approximate surface area is 96.5 Å². The molecule has 0 radical (unpaired) electrons. The summed E-state index contributed by atoms with van der Waals surface area (Å²) >= 11 is 0. The molecule has 0 bridgehead atoms. The van der Waals surface area contributed by atoms with E-state index in [0.717, 1.165) is 19.6 Å². The van der Waals surface area contributed by atoms with Gasteiger partial charge in [-0.1, -0.05) is 6.08 Å². The van der Waals surface area contributed by atoms with Crippen molar-refractivity contribution in [3.63, 3.8) is 0 Å². The minimum atomic E-state index is -0.850. The topological polar surface area (TPSA) is 43.8 Å². The lowest BCUT2D eigenvalue weighted by molar-refractivity contribution is -0.131. The zero-order valence-corrected chi connectivity index (χ0v) is 9.64. The van der Waals surface area contributed by atoms with E-state index in [1.165, 1.54) is 38.4 Å². The fourth-order valence-electron chi connectivity index (χ4n) is 2.75. The first kappa shape index (κ1) is 11.6. The van der Waals surface area contributed by atoms with E-state index in [9.17, 15) is 4.79 Å². The molecule has 90 valence electrons. The molecule has 2 fully saturated rings. The summed E-state index contributed by atoms with van der Waals surface area (Å²) in [6, 6.07) is 0.709. The molecule has 1 unspecified atom stereocenters. The maximum atomic E-state index is 10.4. The first-order valence-electron chi connectivity index (χ1n) is 6.11. The van der Waals surface area contributed by atoms with Gasteiger partial charge in [-0.15, -0.1) is 0 Å². The van der Waals surface area contributed by atoms with Crippen LogP contribution in [0.25, 0.3) is 0 Å². The maximum absolute atomic E-state index is 10.4. The van der Waals surface area contributed by atoms with Crippen molar-refractivity contribution in [2.75, 3.05) is 32.7 Å². The number of carboxylic acid groups (broad SMARTS) is 1. The first-order valence-corrected chi connectivity index (χ1v) is 6.11. The number of fused-ring (bicyclic) bond motifs is 1. The van der Waals surface area contributed by atoms with E-state index in [4.69, 9.17) is 5.11 Å². The first-order chi connectivity index (χ1) is 7.75. The van der Waals surface area contributed by atoms with Gasteiger partial charge in [0.05, 0.1) is 0 Å². The number of rotatable bonds is 3. The van der Waals surface area contributed by atoms with Crippen LogP contribution in [0.15, 0.2) is 12.2 Å². The molecule has 16 heavy (non-hydrogen) atoms. The van der Waals surface area contributed by atoms with Crippen LogP contribution in [0.3, 0.4) is 0 Å².